The molecule has 1 aromatic carbocycles. The molecule has 1 atom stereocenters. The van der Waals surface area contributed by atoms with E-state index in [0.29, 0.717) is 6.42 Å². The Labute approximate surface area is 145 Å². The van der Waals surface area contributed by atoms with Crippen LogP contribution in [0.15, 0.2) is 53.7 Å². The Kier molecular flexibility index (Phi) is 7.45. The summed E-state index contributed by atoms with van der Waals surface area (Å²) < 4.78 is 0. The summed E-state index contributed by atoms with van der Waals surface area (Å²) >= 11 is 3.36. The molecule has 23 heavy (non-hydrogen) atoms. The van der Waals surface area contributed by atoms with Gasteiger partial charge in [0.25, 0.3) is 0 Å². The minimum atomic E-state index is -0.464. The number of benzene rings is 1. The summed E-state index contributed by atoms with van der Waals surface area (Å²) in [6.45, 7) is 0. The zero-order valence-corrected chi connectivity index (χ0v) is 14.7. The van der Waals surface area contributed by atoms with Crippen molar-refractivity contribution < 1.29 is 4.79 Å². The van der Waals surface area contributed by atoms with Gasteiger partial charge in [-0.25, -0.2) is 4.98 Å². The number of nitrogens with zero attached hydrogens (tertiary/aromatic N) is 1. The first-order valence-corrected chi connectivity index (χ1v) is 9.75. The maximum Gasteiger partial charge on any atom is 0.241 e. The predicted octanol–water partition coefficient (Wildman–Crippen LogP) is 3.39. The first-order valence-electron chi connectivity index (χ1n) is 7.37. The molecule has 2 rings (SSSR count). The number of nitrogens with one attached hydrogen (secondary N) is 1. The number of pyridine rings is 1. The van der Waals surface area contributed by atoms with E-state index in [0.717, 1.165) is 27.8 Å². The van der Waals surface area contributed by atoms with E-state index in [9.17, 15) is 4.79 Å². The average Bonchev–Trinajstić information content (AvgIpc) is 2.59. The van der Waals surface area contributed by atoms with E-state index in [2.05, 4.69) is 10.3 Å². The van der Waals surface area contributed by atoms with Gasteiger partial charge < -0.3 is 11.1 Å². The van der Waals surface area contributed by atoms with Crippen molar-refractivity contribution in [3.63, 3.8) is 0 Å². The van der Waals surface area contributed by atoms with Crippen LogP contribution >= 0.6 is 23.5 Å². The molecule has 0 saturated heterocycles. The molecule has 3 N–H and O–H groups in total. The molecule has 4 nitrogen and oxygen atoms in total. The van der Waals surface area contributed by atoms with Gasteiger partial charge in [-0.2, -0.15) is 11.8 Å². The maximum absolute atomic E-state index is 12.0. The highest BCUT2D eigenvalue weighted by Gasteiger charge is 2.13. The lowest BCUT2D eigenvalue weighted by atomic mass is 10.2. The Morgan fingerprint density at radius 3 is 2.91 bits per heavy atom. The van der Waals surface area contributed by atoms with E-state index in [4.69, 9.17) is 5.73 Å². The minimum Gasteiger partial charge on any atom is -0.325 e. The number of anilines is 1. The molecule has 0 spiro atoms. The van der Waals surface area contributed by atoms with Gasteiger partial charge in [-0.05, 0) is 48.3 Å². The van der Waals surface area contributed by atoms with Crippen molar-refractivity contribution in [2.75, 3.05) is 17.3 Å². The van der Waals surface area contributed by atoms with Gasteiger partial charge >= 0.3 is 0 Å². The van der Waals surface area contributed by atoms with Crippen molar-refractivity contribution in [3.8, 4) is 0 Å². The average molecular weight is 348 g/mol. The third-order valence-electron chi connectivity index (χ3n) is 3.19. The number of thioether (sulfide) groups is 2. The van der Waals surface area contributed by atoms with Crippen LogP contribution in [0.4, 0.5) is 5.69 Å². The topological polar surface area (TPSA) is 68.0 Å². The quantitative estimate of drug-likeness (QED) is 0.717. The second kappa shape index (κ2) is 9.60. The molecule has 0 aliphatic rings. The number of hydrogen-bond acceptors (Lipinski definition) is 5. The van der Waals surface area contributed by atoms with Crippen molar-refractivity contribution in [1.82, 2.24) is 4.98 Å². The van der Waals surface area contributed by atoms with Gasteiger partial charge in [-0.15, -0.1) is 11.8 Å². The summed E-state index contributed by atoms with van der Waals surface area (Å²) in [6.07, 6.45) is 4.48. The molecule has 1 amide bonds. The fourth-order valence-electron chi connectivity index (χ4n) is 1.94. The van der Waals surface area contributed by atoms with E-state index in [1.165, 1.54) is 0 Å². The van der Waals surface area contributed by atoms with Gasteiger partial charge in [-0.3, -0.25) is 4.79 Å². The summed E-state index contributed by atoms with van der Waals surface area (Å²) in [5.41, 5.74) is 7.81. The molecule has 0 saturated carbocycles. The number of amides is 1. The first kappa shape index (κ1) is 17.8. The lowest BCUT2D eigenvalue weighted by molar-refractivity contribution is -0.117. The lowest BCUT2D eigenvalue weighted by Crippen LogP contribution is -2.36. The zero-order chi connectivity index (χ0) is 16.5. The summed E-state index contributed by atoms with van der Waals surface area (Å²) in [5, 5.41) is 3.88. The van der Waals surface area contributed by atoms with E-state index < -0.39 is 6.04 Å². The maximum atomic E-state index is 12.0. The lowest BCUT2D eigenvalue weighted by Gasteiger charge is -2.12. The van der Waals surface area contributed by atoms with E-state index in [1.807, 2.05) is 48.7 Å². The smallest absolute Gasteiger partial charge is 0.241 e. The Bertz CT molecular complexity index is 622. The van der Waals surface area contributed by atoms with Gasteiger partial charge in [0.1, 0.15) is 0 Å². The Morgan fingerprint density at radius 1 is 1.30 bits per heavy atom. The highest BCUT2D eigenvalue weighted by atomic mass is 32.2. The van der Waals surface area contributed by atoms with E-state index in [-0.39, 0.29) is 5.91 Å². The third kappa shape index (κ3) is 6.25. The molecular formula is C17H21N3OS2. The number of hydrogen-bond donors (Lipinski definition) is 2. The Morgan fingerprint density at radius 2 is 2.17 bits per heavy atom. The number of rotatable bonds is 8. The second-order valence-corrected chi connectivity index (χ2v) is 7.02. The minimum absolute atomic E-state index is 0.131. The fraction of sp³-hybridized carbons (Fsp3) is 0.294. The summed E-state index contributed by atoms with van der Waals surface area (Å²) in [5.74, 6) is 1.56. The molecule has 0 radical (unpaired) electrons. The van der Waals surface area contributed by atoms with Crippen molar-refractivity contribution >= 4 is 35.1 Å². The molecule has 1 aromatic heterocycles. The molecule has 0 bridgehead atoms. The molecule has 0 aliphatic carbocycles. The molecular weight excluding hydrogens is 326 g/mol. The second-order valence-electron chi connectivity index (χ2n) is 5.03. The number of nitrogens with two attached hydrogens (primary N) is 1. The SMILES string of the molecule is CSCCC(N)C(=O)Nc1cccc(CSc2ccccn2)c1. The van der Waals surface area contributed by atoms with Crippen LogP contribution in [0.5, 0.6) is 0 Å². The standard InChI is InChI=1S/C17H21N3OS2/c1-22-10-8-15(18)17(21)20-14-6-4-5-13(11-14)12-23-16-7-2-3-9-19-16/h2-7,9,11,15H,8,10,12,18H2,1H3,(H,20,21). The first-order chi connectivity index (χ1) is 11.2. The summed E-state index contributed by atoms with van der Waals surface area (Å²) in [6, 6.07) is 13.2. The van der Waals surface area contributed by atoms with Gasteiger partial charge in [0.15, 0.2) is 0 Å². The Balaban J connectivity index is 1.90. The van der Waals surface area contributed by atoms with Crippen molar-refractivity contribution in [2.24, 2.45) is 5.73 Å². The van der Waals surface area contributed by atoms with Crippen LogP contribution in [0.3, 0.4) is 0 Å². The predicted molar refractivity (Wildman–Crippen MR) is 99.8 cm³/mol. The van der Waals surface area contributed by atoms with Crippen LogP contribution in [0.1, 0.15) is 12.0 Å². The van der Waals surface area contributed by atoms with Crippen LogP contribution < -0.4 is 11.1 Å². The van der Waals surface area contributed by atoms with Crippen molar-refractivity contribution in [3.05, 3.63) is 54.2 Å². The summed E-state index contributed by atoms with van der Waals surface area (Å²) in [7, 11) is 0. The molecule has 6 heteroatoms. The van der Waals surface area contributed by atoms with Gasteiger partial charge in [-0.1, -0.05) is 18.2 Å². The van der Waals surface area contributed by atoms with Crippen LogP contribution in [0.25, 0.3) is 0 Å². The monoisotopic (exact) mass is 347 g/mol. The molecule has 0 aliphatic heterocycles. The number of aromatic nitrogens is 1. The van der Waals surface area contributed by atoms with Crippen LogP contribution in [0.2, 0.25) is 0 Å². The Hall–Kier alpha value is -1.50. The largest absolute Gasteiger partial charge is 0.325 e. The third-order valence-corrected chi connectivity index (χ3v) is 4.85. The highest BCUT2D eigenvalue weighted by molar-refractivity contribution is 7.98. The van der Waals surface area contributed by atoms with Crippen LogP contribution in [0, 0.1) is 0 Å². The van der Waals surface area contributed by atoms with E-state index >= 15 is 0 Å². The van der Waals surface area contributed by atoms with Crippen molar-refractivity contribution in [1.29, 1.82) is 0 Å². The number of carbonyl (C=O) groups excluding carboxylic acids is 1. The van der Waals surface area contributed by atoms with Gasteiger partial charge in [0, 0.05) is 17.6 Å². The molecule has 2 aromatic rings. The molecule has 1 heterocycles. The molecule has 122 valence electrons. The highest BCUT2D eigenvalue weighted by Crippen LogP contribution is 2.22. The zero-order valence-electron chi connectivity index (χ0n) is 13.1. The van der Waals surface area contributed by atoms with Crippen LogP contribution in [-0.4, -0.2) is 28.9 Å². The number of carbonyl (C=O) groups is 1. The van der Waals surface area contributed by atoms with E-state index in [1.54, 1.807) is 29.7 Å². The van der Waals surface area contributed by atoms with Crippen LogP contribution in [-0.2, 0) is 10.5 Å². The van der Waals surface area contributed by atoms with Crippen molar-refractivity contribution in [2.45, 2.75) is 23.2 Å². The normalized spacial score (nSPS) is 11.9. The van der Waals surface area contributed by atoms with Gasteiger partial charge in [0.2, 0.25) is 5.91 Å². The molecule has 0 fully saturated rings. The summed E-state index contributed by atoms with van der Waals surface area (Å²) in [4.78, 5) is 16.3. The fourth-order valence-corrected chi connectivity index (χ4v) is 3.23. The molecule has 1 unspecified atom stereocenters. The van der Waals surface area contributed by atoms with Gasteiger partial charge in [0.05, 0.1) is 11.1 Å².